The number of benzene rings is 2. The lowest BCUT2D eigenvalue weighted by Crippen LogP contribution is -2.17. The molecule has 146 valence electrons. The molecule has 3 rings (SSSR count). The lowest BCUT2D eigenvalue weighted by Gasteiger charge is -2.20. The first-order valence-corrected chi connectivity index (χ1v) is 10.3. The average Bonchev–Trinajstić information content (AvgIpc) is 2.64. The zero-order valence-electron chi connectivity index (χ0n) is 15.0. The first-order chi connectivity index (χ1) is 12.9. The second-order valence-corrected chi connectivity index (χ2v) is 7.65. The summed E-state index contributed by atoms with van der Waals surface area (Å²) in [6, 6.07) is 7.46. The summed E-state index contributed by atoms with van der Waals surface area (Å²) < 4.78 is 50.0. The van der Waals surface area contributed by atoms with Crippen LogP contribution < -0.4 is 23.7 Å². The molecule has 27 heavy (non-hydrogen) atoms. The SMILES string of the molecule is CCOc1ccc(S(=O)(=O)Nc2cc3c(cc2Cl)OCCO3)cc1OCC. The van der Waals surface area contributed by atoms with E-state index in [9.17, 15) is 8.42 Å². The minimum atomic E-state index is -3.90. The van der Waals surface area contributed by atoms with Gasteiger partial charge in [-0.1, -0.05) is 11.6 Å². The minimum absolute atomic E-state index is 0.0281. The summed E-state index contributed by atoms with van der Waals surface area (Å²) >= 11 is 6.19. The highest BCUT2D eigenvalue weighted by atomic mass is 35.5. The van der Waals surface area contributed by atoms with Gasteiger partial charge in [-0.2, -0.15) is 0 Å². The van der Waals surface area contributed by atoms with Gasteiger partial charge in [0.25, 0.3) is 10.0 Å². The van der Waals surface area contributed by atoms with Crippen LogP contribution in [0.1, 0.15) is 13.8 Å². The van der Waals surface area contributed by atoms with Crippen molar-refractivity contribution >= 4 is 27.3 Å². The summed E-state index contributed by atoms with van der Waals surface area (Å²) in [5.74, 6) is 1.75. The van der Waals surface area contributed by atoms with Crippen LogP contribution in [0.3, 0.4) is 0 Å². The minimum Gasteiger partial charge on any atom is -0.490 e. The molecule has 1 aliphatic heterocycles. The zero-order chi connectivity index (χ0) is 19.4. The highest BCUT2D eigenvalue weighted by molar-refractivity contribution is 7.92. The maximum atomic E-state index is 12.8. The molecular weight excluding hydrogens is 394 g/mol. The third-order valence-corrected chi connectivity index (χ3v) is 5.38. The summed E-state index contributed by atoms with van der Waals surface area (Å²) in [4.78, 5) is 0.0281. The summed E-state index contributed by atoms with van der Waals surface area (Å²) in [5, 5.41) is 0.207. The third-order valence-electron chi connectivity index (χ3n) is 3.70. The second kappa shape index (κ2) is 8.14. The molecule has 0 aliphatic carbocycles. The fraction of sp³-hybridized carbons (Fsp3) is 0.333. The van der Waals surface area contributed by atoms with E-state index in [1.807, 2.05) is 13.8 Å². The summed E-state index contributed by atoms with van der Waals surface area (Å²) in [5.41, 5.74) is 0.202. The van der Waals surface area contributed by atoms with E-state index in [1.165, 1.54) is 24.3 Å². The standard InChI is InChI=1S/C18H20ClNO6S/c1-3-23-15-6-5-12(9-16(15)24-4-2)27(21,22)20-14-11-18-17(10-13(14)19)25-7-8-26-18/h5-6,9-11,20H,3-4,7-8H2,1-2H3. The van der Waals surface area contributed by atoms with Crippen LogP contribution in [0.15, 0.2) is 35.2 Å². The van der Waals surface area contributed by atoms with E-state index in [0.717, 1.165) is 0 Å². The number of fused-ring (bicyclic) bond motifs is 1. The molecule has 0 spiro atoms. The van der Waals surface area contributed by atoms with Crippen molar-refractivity contribution in [3.63, 3.8) is 0 Å². The third kappa shape index (κ3) is 4.33. The molecule has 1 N–H and O–H groups in total. The van der Waals surface area contributed by atoms with Crippen LogP contribution in [-0.2, 0) is 10.0 Å². The number of nitrogens with one attached hydrogen (secondary N) is 1. The van der Waals surface area contributed by atoms with Crippen molar-refractivity contribution in [2.75, 3.05) is 31.1 Å². The van der Waals surface area contributed by atoms with Gasteiger partial charge in [-0.25, -0.2) is 8.42 Å². The molecule has 0 saturated heterocycles. The number of hydrogen-bond donors (Lipinski definition) is 1. The largest absolute Gasteiger partial charge is 0.490 e. The maximum Gasteiger partial charge on any atom is 0.262 e. The number of halogens is 1. The van der Waals surface area contributed by atoms with Gasteiger partial charge in [-0.3, -0.25) is 4.72 Å². The van der Waals surface area contributed by atoms with Gasteiger partial charge in [-0.05, 0) is 26.0 Å². The molecule has 0 amide bonds. The van der Waals surface area contributed by atoms with Crippen molar-refractivity contribution in [3.8, 4) is 23.0 Å². The Kier molecular flexibility index (Phi) is 5.86. The van der Waals surface area contributed by atoms with Gasteiger partial charge in [0, 0.05) is 18.2 Å². The predicted molar refractivity (Wildman–Crippen MR) is 102 cm³/mol. The van der Waals surface area contributed by atoms with Gasteiger partial charge < -0.3 is 18.9 Å². The molecule has 0 aromatic heterocycles. The van der Waals surface area contributed by atoms with Crippen molar-refractivity contribution in [3.05, 3.63) is 35.4 Å². The second-order valence-electron chi connectivity index (χ2n) is 5.56. The molecule has 0 atom stereocenters. The van der Waals surface area contributed by atoms with E-state index in [-0.39, 0.29) is 15.6 Å². The maximum absolute atomic E-state index is 12.8. The van der Waals surface area contributed by atoms with Crippen LogP contribution in [0.2, 0.25) is 5.02 Å². The van der Waals surface area contributed by atoms with Crippen LogP contribution in [0.4, 0.5) is 5.69 Å². The molecule has 0 unspecified atom stereocenters. The predicted octanol–water partition coefficient (Wildman–Crippen LogP) is 3.71. The lowest BCUT2D eigenvalue weighted by molar-refractivity contribution is 0.171. The molecule has 0 radical (unpaired) electrons. The van der Waals surface area contributed by atoms with Crippen LogP contribution >= 0.6 is 11.6 Å². The van der Waals surface area contributed by atoms with E-state index in [4.69, 9.17) is 30.5 Å². The number of ether oxygens (including phenoxy) is 4. The van der Waals surface area contributed by atoms with Gasteiger partial charge in [0.15, 0.2) is 23.0 Å². The van der Waals surface area contributed by atoms with Crippen LogP contribution in [0, 0.1) is 0 Å². The highest BCUT2D eigenvalue weighted by Gasteiger charge is 2.21. The van der Waals surface area contributed by atoms with Crippen molar-refractivity contribution in [1.82, 2.24) is 0 Å². The van der Waals surface area contributed by atoms with Crippen LogP contribution in [0.5, 0.6) is 23.0 Å². The Morgan fingerprint density at radius 1 is 1.00 bits per heavy atom. The normalized spacial score (nSPS) is 13.1. The Morgan fingerprint density at radius 3 is 2.30 bits per heavy atom. The molecule has 0 saturated carbocycles. The Morgan fingerprint density at radius 2 is 1.63 bits per heavy atom. The molecule has 2 aromatic carbocycles. The number of sulfonamides is 1. The molecule has 1 aliphatic rings. The summed E-state index contributed by atoms with van der Waals surface area (Å²) in [6.07, 6.45) is 0. The smallest absolute Gasteiger partial charge is 0.262 e. The van der Waals surface area contributed by atoms with E-state index in [0.29, 0.717) is 49.4 Å². The summed E-state index contributed by atoms with van der Waals surface area (Å²) in [7, 11) is -3.90. The average molecular weight is 414 g/mol. The van der Waals surface area contributed by atoms with E-state index in [1.54, 1.807) is 6.07 Å². The summed E-state index contributed by atoms with van der Waals surface area (Å²) in [6.45, 7) is 5.27. The number of rotatable bonds is 7. The molecule has 2 aromatic rings. The van der Waals surface area contributed by atoms with Crippen molar-refractivity contribution in [1.29, 1.82) is 0 Å². The molecule has 0 bridgehead atoms. The van der Waals surface area contributed by atoms with Gasteiger partial charge in [-0.15, -0.1) is 0 Å². The topological polar surface area (TPSA) is 83.1 Å². The Balaban J connectivity index is 1.92. The molecule has 9 heteroatoms. The van der Waals surface area contributed by atoms with Crippen LogP contribution in [-0.4, -0.2) is 34.8 Å². The highest BCUT2D eigenvalue weighted by Crippen LogP contribution is 2.39. The molecule has 0 fully saturated rings. The monoisotopic (exact) mass is 413 g/mol. The number of anilines is 1. The van der Waals surface area contributed by atoms with Gasteiger partial charge >= 0.3 is 0 Å². The van der Waals surface area contributed by atoms with Crippen molar-refractivity contribution < 1.29 is 27.4 Å². The Bertz CT molecular complexity index is 932. The lowest BCUT2D eigenvalue weighted by atomic mass is 10.2. The van der Waals surface area contributed by atoms with E-state index < -0.39 is 10.0 Å². The van der Waals surface area contributed by atoms with Crippen molar-refractivity contribution in [2.45, 2.75) is 18.7 Å². The van der Waals surface area contributed by atoms with Gasteiger partial charge in [0.1, 0.15) is 13.2 Å². The van der Waals surface area contributed by atoms with Gasteiger partial charge in [0.05, 0.1) is 28.8 Å². The fourth-order valence-electron chi connectivity index (χ4n) is 2.54. The molecule has 7 nitrogen and oxygen atoms in total. The Hall–Kier alpha value is -2.32. The van der Waals surface area contributed by atoms with Gasteiger partial charge in [0.2, 0.25) is 0 Å². The quantitative estimate of drug-likeness (QED) is 0.745. The molecule has 1 heterocycles. The first kappa shape index (κ1) is 19.4. The van der Waals surface area contributed by atoms with E-state index in [2.05, 4.69) is 4.72 Å². The van der Waals surface area contributed by atoms with Crippen molar-refractivity contribution in [2.24, 2.45) is 0 Å². The number of hydrogen-bond acceptors (Lipinski definition) is 6. The van der Waals surface area contributed by atoms with E-state index >= 15 is 0 Å². The zero-order valence-corrected chi connectivity index (χ0v) is 16.5. The first-order valence-electron chi connectivity index (χ1n) is 8.46. The molecular formula is C18H20ClNO6S. The Labute approximate surface area is 163 Å². The fourth-order valence-corrected chi connectivity index (χ4v) is 3.89. The van der Waals surface area contributed by atoms with Crippen LogP contribution in [0.25, 0.3) is 0 Å².